The molecule has 1 aliphatic heterocycles. The fourth-order valence-corrected chi connectivity index (χ4v) is 2.00. The lowest BCUT2D eigenvalue weighted by Crippen LogP contribution is -2.34. The summed E-state index contributed by atoms with van der Waals surface area (Å²) in [4.78, 5) is 4.63. The van der Waals surface area contributed by atoms with Crippen molar-refractivity contribution in [3.63, 3.8) is 0 Å². The van der Waals surface area contributed by atoms with Gasteiger partial charge in [-0.15, -0.1) is 0 Å². The van der Waals surface area contributed by atoms with Gasteiger partial charge in [0, 0.05) is 12.0 Å². The van der Waals surface area contributed by atoms with E-state index in [9.17, 15) is 0 Å². The van der Waals surface area contributed by atoms with E-state index in [1.807, 2.05) is 30.3 Å². The van der Waals surface area contributed by atoms with Gasteiger partial charge in [0.2, 0.25) is 5.90 Å². The summed E-state index contributed by atoms with van der Waals surface area (Å²) in [5, 5.41) is 0. The second-order valence-corrected chi connectivity index (χ2v) is 4.73. The summed E-state index contributed by atoms with van der Waals surface area (Å²) >= 11 is 0. The third-order valence-corrected chi connectivity index (χ3v) is 2.52. The summed E-state index contributed by atoms with van der Waals surface area (Å²) in [5.74, 6) is 0.777. The summed E-state index contributed by atoms with van der Waals surface area (Å²) in [6, 6.07) is 10.1. The predicted octanol–water partition coefficient (Wildman–Crippen LogP) is 3.02. The summed E-state index contributed by atoms with van der Waals surface area (Å²) < 4.78 is 5.76. The molecule has 1 aromatic carbocycles. The lowest BCUT2D eigenvalue weighted by atomic mass is 9.96. The SMILES string of the molecule is CC1CC(C)(C)N=C(c2ccccc2)O1. The Bertz CT molecular complexity index is 367. The molecule has 2 rings (SSSR count). The standard InChI is InChI=1S/C13H17NO/c1-10-9-13(2,3)14-12(15-10)11-7-5-4-6-8-11/h4-8,10H,9H2,1-3H3. The molecule has 80 valence electrons. The van der Waals surface area contributed by atoms with E-state index in [4.69, 9.17) is 4.74 Å². The number of aliphatic imine (C=N–C) groups is 1. The van der Waals surface area contributed by atoms with Gasteiger partial charge in [0.15, 0.2) is 0 Å². The second kappa shape index (κ2) is 3.69. The zero-order valence-electron chi connectivity index (χ0n) is 9.53. The van der Waals surface area contributed by atoms with Crippen LogP contribution in [0.4, 0.5) is 0 Å². The minimum absolute atomic E-state index is 0.0111. The van der Waals surface area contributed by atoms with Crippen LogP contribution in [0.15, 0.2) is 35.3 Å². The summed E-state index contributed by atoms with van der Waals surface area (Å²) in [7, 11) is 0. The maximum absolute atomic E-state index is 5.76. The van der Waals surface area contributed by atoms with E-state index < -0.39 is 0 Å². The van der Waals surface area contributed by atoms with E-state index in [-0.39, 0.29) is 11.6 Å². The van der Waals surface area contributed by atoms with Gasteiger partial charge >= 0.3 is 0 Å². The Morgan fingerprint density at radius 3 is 2.53 bits per heavy atom. The van der Waals surface area contributed by atoms with Gasteiger partial charge in [-0.2, -0.15) is 0 Å². The first-order valence-corrected chi connectivity index (χ1v) is 5.39. The lowest BCUT2D eigenvalue weighted by molar-refractivity contribution is 0.146. The molecule has 0 saturated carbocycles. The van der Waals surface area contributed by atoms with E-state index in [2.05, 4.69) is 25.8 Å². The monoisotopic (exact) mass is 203 g/mol. The molecule has 0 aliphatic carbocycles. The molecule has 0 N–H and O–H groups in total. The molecule has 0 aromatic heterocycles. The van der Waals surface area contributed by atoms with Crippen molar-refractivity contribution in [1.82, 2.24) is 0 Å². The van der Waals surface area contributed by atoms with Crippen molar-refractivity contribution in [2.24, 2.45) is 4.99 Å². The Balaban J connectivity index is 2.34. The van der Waals surface area contributed by atoms with Crippen LogP contribution in [0.1, 0.15) is 32.8 Å². The molecular formula is C13H17NO. The highest BCUT2D eigenvalue weighted by Crippen LogP contribution is 2.25. The number of ether oxygens (including phenoxy) is 1. The van der Waals surface area contributed by atoms with Gasteiger partial charge in [-0.25, -0.2) is 4.99 Å². The van der Waals surface area contributed by atoms with Crippen molar-refractivity contribution in [1.29, 1.82) is 0 Å². The van der Waals surface area contributed by atoms with E-state index in [0.717, 1.165) is 17.9 Å². The molecule has 15 heavy (non-hydrogen) atoms. The fraction of sp³-hybridized carbons (Fsp3) is 0.462. The molecule has 1 aliphatic rings. The Labute approximate surface area is 91.0 Å². The van der Waals surface area contributed by atoms with Crippen LogP contribution in [0.5, 0.6) is 0 Å². The van der Waals surface area contributed by atoms with Crippen molar-refractivity contribution in [3.8, 4) is 0 Å². The van der Waals surface area contributed by atoms with Crippen molar-refractivity contribution in [2.45, 2.75) is 38.8 Å². The minimum Gasteiger partial charge on any atom is -0.474 e. The lowest BCUT2D eigenvalue weighted by Gasteiger charge is -2.31. The molecule has 1 aromatic rings. The van der Waals surface area contributed by atoms with Crippen molar-refractivity contribution < 1.29 is 4.74 Å². The zero-order chi connectivity index (χ0) is 10.9. The largest absolute Gasteiger partial charge is 0.474 e. The smallest absolute Gasteiger partial charge is 0.216 e. The van der Waals surface area contributed by atoms with Crippen LogP contribution in [-0.2, 0) is 4.74 Å². The predicted molar refractivity (Wildman–Crippen MR) is 62.2 cm³/mol. The topological polar surface area (TPSA) is 21.6 Å². The molecule has 0 saturated heterocycles. The molecule has 0 amide bonds. The number of benzene rings is 1. The Morgan fingerprint density at radius 2 is 1.93 bits per heavy atom. The van der Waals surface area contributed by atoms with E-state index in [1.54, 1.807) is 0 Å². The molecule has 1 atom stereocenters. The fourth-order valence-electron chi connectivity index (χ4n) is 2.00. The normalized spacial score (nSPS) is 24.2. The molecule has 1 heterocycles. The third-order valence-electron chi connectivity index (χ3n) is 2.52. The zero-order valence-corrected chi connectivity index (χ0v) is 9.53. The van der Waals surface area contributed by atoms with Gasteiger partial charge in [-0.1, -0.05) is 18.2 Å². The van der Waals surface area contributed by atoms with Crippen LogP contribution in [-0.4, -0.2) is 17.5 Å². The molecule has 0 radical (unpaired) electrons. The molecule has 2 nitrogen and oxygen atoms in total. The quantitative estimate of drug-likeness (QED) is 0.687. The number of hydrogen-bond donors (Lipinski definition) is 0. The average Bonchev–Trinajstić information content (AvgIpc) is 2.16. The van der Waals surface area contributed by atoms with Crippen LogP contribution in [0, 0.1) is 0 Å². The second-order valence-electron chi connectivity index (χ2n) is 4.73. The van der Waals surface area contributed by atoms with Crippen molar-refractivity contribution in [2.75, 3.05) is 0 Å². The Kier molecular flexibility index (Phi) is 2.51. The first-order chi connectivity index (χ1) is 7.07. The van der Waals surface area contributed by atoms with Gasteiger partial charge in [0.1, 0.15) is 0 Å². The van der Waals surface area contributed by atoms with Crippen LogP contribution < -0.4 is 0 Å². The first kappa shape index (κ1) is 10.2. The molecule has 1 unspecified atom stereocenters. The van der Waals surface area contributed by atoms with Crippen LogP contribution in [0.25, 0.3) is 0 Å². The summed E-state index contributed by atoms with van der Waals surface area (Å²) in [5.41, 5.74) is 1.06. The highest BCUT2D eigenvalue weighted by Gasteiger charge is 2.28. The molecule has 2 heteroatoms. The van der Waals surface area contributed by atoms with Gasteiger partial charge in [-0.3, -0.25) is 0 Å². The van der Waals surface area contributed by atoms with Gasteiger partial charge in [0.05, 0.1) is 11.6 Å². The average molecular weight is 203 g/mol. The van der Waals surface area contributed by atoms with E-state index >= 15 is 0 Å². The number of rotatable bonds is 1. The maximum atomic E-state index is 5.76. The van der Waals surface area contributed by atoms with Crippen LogP contribution in [0.2, 0.25) is 0 Å². The van der Waals surface area contributed by atoms with Crippen LogP contribution >= 0.6 is 0 Å². The highest BCUT2D eigenvalue weighted by molar-refractivity contribution is 5.94. The Morgan fingerprint density at radius 1 is 1.27 bits per heavy atom. The van der Waals surface area contributed by atoms with Gasteiger partial charge in [-0.05, 0) is 32.9 Å². The molecule has 0 bridgehead atoms. The van der Waals surface area contributed by atoms with Gasteiger partial charge < -0.3 is 4.74 Å². The molecule has 0 fully saturated rings. The minimum atomic E-state index is -0.0111. The van der Waals surface area contributed by atoms with Crippen molar-refractivity contribution in [3.05, 3.63) is 35.9 Å². The maximum Gasteiger partial charge on any atom is 0.216 e. The summed E-state index contributed by atoms with van der Waals surface area (Å²) in [6.07, 6.45) is 1.22. The molecule has 0 spiro atoms. The molecular weight excluding hydrogens is 186 g/mol. The Hall–Kier alpha value is -1.31. The van der Waals surface area contributed by atoms with Crippen LogP contribution in [0.3, 0.4) is 0 Å². The first-order valence-electron chi connectivity index (χ1n) is 5.39. The summed E-state index contributed by atoms with van der Waals surface area (Å²) in [6.45, 7) is 6.39. The van der Waals surface area contributed by atoms with E-state index in [0.29, 0.717) is 0 Å². The highest BCUT2D eigenvalue weighted by atomic mass is 16.5. The van der Waals surface area contributed by atoms with Gasteiger partial charge in [0.25, 0.3) is 0 Å². The number of nitrogens with zero attached hydrogens (tertiary/aromatic N) is 1. The van der Waals surface area contributed by atoms with E-state index in [1.165, 1.54) is 0 Å². The third kappa shape index (κ3) is 2.38. The number of hydrogen-bond acceptors (Lipinski definition) is 2. The van der Waals surface area contributed by atoms with Crippen molar-refractivity contribution >= 4 is 5.90 Å².